The zero-order valence-electron chi connectivity index (χ0n) is 10.8. The number of nitrogens with zero attached hydrogens (tertiary/aromatic N) is 2. The second-order valence-electron chi connectivity index (χ2n) is 4.00. The molecular formula is C13H10BrN3O2S2. The Hall–Kier alpha value is -1.69. The summed E-state index contributed by atoms with van der Waals surface area (Å²) in [6, 6.07) is 3.37. The molecule has 1 unspecified atom stereocenters. The fourth-order valence-electron chi connectivity index (χ4n) is 1.66. The largest absolute Gasteiger partial charge is 0.477 e. The summed E-state index contributed by atoms with van der Waals surface area (Å²) < 4.78 is 0.746. The fourth-order valence-corrected chi connectivity index (χ4v) is 3.89. The number of hydrogen-bond acceptors (Lipinski definition) is 6. The van der Waals surface area contributed by atoms with Crippen molar-refractivity contribution in [3.05, 3.63) is 43.0 Å². The lowest BCUT2D eigenvalue weighted by Gasteiger charge is -2.16. The van der Waals surface area contributed by atoms with Crippen LogP contribution in [0.1, 0.15) is 22.9 Å². The van der Waals surface area contributed by atoms with Gasteiger partial charge in [0.1, 0.15) is 11.1 Å². The van der Waals surface area contributed by atoms with Crippen molar-refractivity contribution in [3.63, 3.8) is 0 Å². The van der Waals surface area contributed by atoms with Crippen LogP contribution in [0.15, 0.2) is 33.1 Å². The molecule has 0 aromatic carbocycles. The number of carboxylic acids is 1. The zero-order valence-corrected chi connectivity index (χ0v) is 14.1. The minimum absolute atomic E-state index is 0.198. The Kier molecular flexibility index (Phi) is 5.12. The van der Waals surface area contributed by atoms with E-state index in [4.69, 9.17) is 5.26 Å². The van der Waals surface area contributed by atoms with Gasteiger partial charge in [0.05, 0.1) is 16.6 Å². The van der Waals surface area contributed by atoms with Gasteiger partial charge in [-0.1, -0.05) is 0 Å². The molecule has 0 fully saturated rings. The number of carbonyl (C=O) groups is 1. The Morgan fingerprint density at radius 2 is 2.29 bits per heavy atom. The Balaban J connectivity index is 2.45. The highest BCUT2D eigenvalue weighted by Crippen LogP contribution is 2.32. The van der Waals surface area contributed by atoms with Crippen molar-refractivity contribution in [2.45, 2.75) is 13.0 Å². The monoisotopic (exact) mass is 383 g/mol. The van der Waals surface area contributed by atoms with Crippen molar-refractivity contribution < 1.29 is 9.90 Å². The lowest BCUT2D eigenvalue weighted by molar-refractivity contribution is -0.132. The maximum absolute atomic E-state index is 11.3. The third kappa shape index (κ3) is 3.50. The van der Waals surface area contributed by atoms with Gasteiger partial charge >= 0.3 is 5.97 Å². The van der Waals surface area contributed by atoms with Crippen molar-refractivity contribution in [1.82, 2.24) is 10.3 Å². The van der Waals surface area contributed by atoms with Crippen molar-refractivity contribution in [3.8, 4) is 6.07 Å². The highest BCUT2D eigenvalue weighted by molar-refractivity contribution is 9.10. The molecule has 21 heavy (non-hydrogen) atoms. The van der Waals surface area contributed by atoms with Gasteiger partial charge in [0, 0.05) is 16.0 Å². The Morgan fingerprint density at radius 1 is 1.52 bits per heavy atom. The molecular weight excluding hydrogens is 374 g/mol. The van der Waals surface area contributed by atoms with Crippen LogP contribution in [-0.2, 0) is 4.79 Å². The molecule has 0 bridgehead atoms. The number of thiazole rings is 1. The number of aromatic nitrogens is 1. The Bertz CT molecular complexity index is 716. The molecule has 2 heterocycles. The van der Waals surface area contributed by atoms with E-state index in [0.29, 0.717) is 10.6 Å². The van der Waals surface area contributed by atoms with Gasteiger partial charge in [0.25, 0.3) is 0 Å². The molecule has 0 radical (unpaired) electrons. The smallest absolute Gasteiger partial charge is 0.348 e. The topological polar surface area (TPSA) is 86.0 Å². The van der Waals surface area contributed by atoms with E-state index in [9.17, 15) is 9.90 Å². The van der Waals surface area contributed by atoms with E-state index in [2.05, 4.69) is 26.2 Å². The van der Waals surface area contributed by atoms with Crippen LogP contribution in [0.25, 0.3) is 5.70 Å². The van der Waals surface area contributed by atoms with E-state index in [1.807, 2.05) is 23.8 Å². The van der Waals surface area contributed by atoms with Crippen molar-refractivity contribution in [2.24, 2.45) is 0 Å². The number of hydrogen-bond donors (Lipinski definition) is 2. The Labute approximate surface area is 137 Å². The average Bonchev–Trinajstić information content (AvgIpc) is 3.08. The van der Waals surface area contributed by atoms with E-state index in [-0.39, 0.29) is 11.6 Å². The van der Waals surface area contributed by atoms with Gasteiger partial charge < -0.3 is 10.4 Å². The molecule has 2 aromatic heterocycles. The van der Waals surface area contributed by atoms with Gasteiger partial charge in [0.2, 0.25) is 0 Å². The molecule has 0 aliphatic heterocycles. The van der Waals surface area contributed by atoms with Gasteiger partial charge in [-0.15, -0.1) is 22.7 Å². The molecule has 0 spiro atoms. The minimum Gasteiger partial charge on any atom is -0.477 e. The molecule has 5 nitrogen and oxygen atoms in total. The summed E-state index contributed by atoms with van der Waals surface area (Å²) in [5.41, 5.74) is -0.0175. The van der Waals surface area contributed by atoms with Crippen LogP contribution in [0.4, 0.5) is 0 Å². The molecule has 2 N–H and O–H groups in total. The van der Waals surface area contributed by atoms with Gasteiger partial charge in [-0.05, 0) is 34.3 Å². The van der Waals surface area contributed by atoms with Crippen molar-refractivity contribution in [2.75, 3.05) is 0 Å². The molecule has 8 heteroatoms. The maximum Gasteiger partial charge on any atom is 0.348 e. The van der Waals surface area contributed by atoms with Gasteiger partial charge in [-0.3, -0.25) is 0 Å². The van der Waals surface area contributed by atoms with Crippen molar-refractivity contribution >= 4 is 50.3 Å². The third-order valence-electron chi connectivity index (χ3n) is 2.60. The Morgan fingerprint density at radius 3 is 2.76 bits per heavy atom. The second-order valence-corrected chi connectivity index (χ2v) is 6.70. The van der Waals surface area contributed by atoms with E-state index >= 15 is 0 Å². The summed E-state index contributed by atoms with van der Waals surface area (Å²) in [6.45, 7) is 1.87. The molecule has 0 amide bonds. The number of nitrogens with one attached hydrogen (secondary N) is 1. The van der Waals surface area contributed by atoms with Gasteiger partial charge in [-0.25, -0.2) is 9.78 Å². The second kappa shape index (κ2) is 6.85. The van der Waals surface area contributed by atoms with E-state index in [1.54, 1.807) is 12.3 Å². The number of rotatable bonds is 5. The first-order valence-corrected chi connectivity index (χ1v) is 8.36. The predicted octanol–water partition coefficient (Wildman–Crippen LogP) is 3.64. The highest BCUT2D eigenvalue weighted by Gasteiger charge is 2.21. The standard InChI is InChI=1S/C13H10BrN3O2S2/c1-7(12-16-3-5-21-12)17-10(8(6-15)13(18)19)11-9(14)2-4-20-11/h2-5,7,17H,1H3,(H,18,19)/b10-8-. The number of carboxylic acid groups (broad SMARTS) is 1. The van der Waals surface area contributed by atoms with Crippen LogP contribution in [0.2, 0.25) is 0 Å². The van der Waals surface area contributed by atoms with Crippen LogP contribution in [-0.4, -0.2) is 16.1 Å². The molecule has 0 aliphatic rings. The van der Waals surface area contributed by atoms with Crippen LogP contribution in [0.3, 0.4) is 0 Å². The van der Waals surface area contributed by atoms with E-state index in [0.717, 1.165) is 9.48 Å². The molecule has 2 rings (SSSR count). The van der Waals surface area contributed by atoms with Crippen LogP contribution >= 0.6 is 38.6 Å². The first kappa shape index (κ1) is 15.7. The summed E-state index contributed by atoms with van der Waals surface area (Å²) in [5, 5.41) is 26.0. The summed E-state index contributed by atoms with van der Waals surface area (Å²) >= 11 is 6.20. The summed E-state index contributed by atoms with van der Waals surface area (Å²) in [6.07, 6.45) is 1.69. The minimum atomic E-state index is -1.26. The molecule has 0 saturated carbocycles. The van der Waals surface area contributed by atoms with Crippen LogP contribution in [0, 0.1) is 11.3 Å². The SMILES string of the molecule is CC(N/C(=C(/C#N)C(=O)O)c1sccc1Br)c1nccs1. The zero-order chi connectivity index (χ0) is 15.4. The van der Waals surface area contributed by atoms with Gasteiger partial charge in [0.15, 0.2) is 5.57 Å². The van der Waals surface area contributed by atoms with Crippen LogP contribution in [0.5, 0.6) is 0 Å². The predicted molar refractivity (Wildman–Crippen MR) is 85.9 cm³/mol. The molecule has 2 aromatic rings. The first-order valence-electron chi connectivity index (χ1n) is 5.81. The fraction of sp³-hybridized carbons (Fsp3) is 0.154. The summed E-state index contributed by atoms with van der Waals surface area (Å²) in [5.74, 6) is -1.26. The number of nitriles is 1. The van der Waals surface area contributed by atoms with Crippen LogP contribution < -0.4 is 5.32 Å². The normalized spacial score (nSPS) is 13.2. The third-order valence-corrected chi connectivity index (χ3v) is 5.42. The molecule has 0 aliphatic carbocycles. The molecule has 0 saturated heterocycles. The summed E-state index contributed by atoms with van der Waals surface area (Å²) in [7, 11) is 0. The summed E-state index contributed by atoms with van der Waals surface area (Å²) in [4.78, 5) is 16.2. The average molecular weight is 384 g/mol. The van der Waals surface area contributed by atoms with E-state index in [1.165, 1.54) is 22.7 Å². The number of aliphatic carboxylic acids is 1. The lowest BCUT2D eigenvalue weighted by atomic mass is 10.1. The van der Waals surface area contributed by atoms with E-state index < -0.39 is 5.97 Å². The van der Waals surface area contributed by atoms with Gasteiger partial charge in [-0.2, -0.15) is 5.26 Å². The van der Waals surface area contributed by atoms with Crippen molar-refractivity contribution in [1.29, 1.82) is 5.26 Å². The maximum atomic E-state index is 11.3. The number of thiophene rings is 1. The lowest BCUT2D eigenvalue weighted by Crippen LogP contribution is -2.20. The molecule has 1 atom stereocenters. The molecule has 108 valence electrons. The number of halogens is 1. The quantitative estimate of drug-likeness (QED) is 0.607. The first-order chi connectivity index (χ1) is 10.0. The highest BCUT2D eigenvalue weighted by atomic mass is 79.9.